The van der Waals surface area contributed by atoms with Gasteiger partial charge in [-0.1, -0.05) is 92.9 Å². The van der Waals surface area contributed by atoms with Crippen molar-refractivity contribution in [1.29, 1.82) is 0 Å². The van der Waals surface area contributed by atoms with Crippen LogP contribution >= 0.6 is 0 Å². The van der Waals surface area contributed by atoms with Crippen LogP contribution in [0.5, 0.6) is 0 Å². The molecule has 18 nitrogen and oxygen atoms in total. The van der Waals surface area contributed by atoms with Gasteiger partial charge in [-0.25, -0.2) is 0 Å². The number of carbonyl (C=O) groups is 8. The van der Waals surface area contributed by atoms with Gasteiger partial charge in [0, 0.05) is 50.1 Å². The summed E-state index contributed by atoms with van der Waals surface area (Å²) >= 11 is 0. The molecule has 8 amide bonds. The van der Waals surface area contributed by atoms with E-state index in [0.717, 1.165) is 77.0 Å². The van der Waals surface area contributed by atoms with E-state index < -0.39 is 58.9 Å². The summed E-state index contributed by atoms with van der Waals surface area (Å²) in [6.45, 7) is 16.1. The van der Waals surface area contributed by atoms with E-state index in [2.05, 4.69) is 42.5 Å². The highest BCUT2D eigenvalue weighted by Gasteiger charge is 2.45. The Bertz CT molecular complexity index is 1740. The van der Waals surface area contributed by atoms with Crippen LogP contribution in [0.25, 0.3) is 0 Å². The highest BCUT2D eigenvalue weighted by Crippen LogP contribution is 2.33. The summed E-state index contributed by atoms with van der Waals surface area (Å²) < 4.78 is 0. The second kappa shape index (κ2) is 26.8. The zero-order valence-corrected chi connectivity index (χ0v) is 45.6. The molecule has 2 heterocycles. The van der Waals surface area contributed by atoms with Crippen LogP contribution in [0.4, 0.5) is 0 Å². The maximum atomic E-state index is 14.3. The largest absolute Gasteiger partial charge is 0.354 e. The van der Waals surface area contributed by atoms with Crippen molar-refractivity contribution in [2.24, 2.45) is 34.5 Å². The summed E-state index contributed by atoms with van der Waals surface area (Å²) in [5.74, 6) is -2.94. The van der Waals surface area contributed by atoms with Crippen LogP contribution in [-0.4, -0.2) is 146 Å². The molecule has 0 aromatic heterocycles. The standard InChI is InChI=1S/C54H94N10O8/c1-33(55-9)45(65)61-43(53(3,4)5)51(71)63-29-19-27-41(63)49(69)59-39(35-21-13-11-14-22-35)31-57-47(67)37-25-17-18-26-38(37)48(68)58-32-40(36-23-15-12-16-24-36)60-50(70)42-28-20-30-64(42)52(72)44(54(6,7)8)62-46(66)34(2)56-10/h33-44,55-56H,11-32H2,1-10H3,(H,57,67)(H,58,68)(H,59,69)(H,60,70)(H,61,65)(H,62,66). The Morgan fingerprint density at radius 2 is 0.778 bits per heavy atom. The van der Waals surface area contributed by atoms with Gasteiger partial charge >= 0.3 is 0 Å². The third-order valence-electron chi connectivity index (χ3n) is 16.7. The number of amides is 8. The van der Waals surface area contributed by atoms with Gasteiger partial charge in [0.15, 0.2) is 0 Å². The Hall–Kier alpha value is -4.32. The van der Waals surface area contributed by atoms with E-state index in [1.54, 1.807) is 37.7 Å². The maximum Gasteiger partial charge on any atom is 0.246 e. The van der Waals surface area contributed by atoms with E-state index in [9.17, 15) is 38.4 Å². The first-order valence-electron chi connectivity index (χ1n) is 27.8. The van der Waals surface area contributed by atoms with Crippen LogP contribution in [0.2, 0.25) is 0 Å². The number of hydrogen-bond donors (Lipinski definition) is 8. The zero-order chi connectivity index (χ0) is 52.9. The number of rotatable bonds is 20. The molecule has 0 aromatic carbocycles. The van der Waals surface area contributed by atoms with Gasteiger partial charge in [0.1, 0.15) is 24.2 Å². The molecule has 5 fully saturated rings. The van der Waals surface area contributed by atoms with Crippen LogP contribution in [0, 0.1) is 34.5 Å². The van der Waals surface area contributed by atoms with Crippen molar-refractivity contribution in [3.8, 4) is 0 Å². The third-order valence-corrected chi connectivity index (χ3v) is 16.7. The molecule has 18 heteroatoms. The van der Waals surface area contributed by atoms with Gasteiger partial charge in [-0.2, -0.15) is 0 Å². The smallest absolute Gasteiger partial charge is 0.246 e. The van der Waals surface area contributed by atoms with Gasteiger partial charge < -0.3 is 52.3 Å². The van der Waals surface area contributed by atoms with E-state index in [0.29, 0.717) is 51.6 Å². The Labute approximate surface area is 430 Å². The third kappa shape index (κ3) is 15.6. The lowest BCUT2D eigenvalue weighted by atomic mass is 9.77. The first-order chi connectivity index (χ1) is 34.1. The zero-order valence-electron chi connectivity index (χ0n) is 45.6. The molecule has 10 unspecified atom stereocenters. The lowest BCUT2D eigenvalue weighted by Crippen LogP contribution is -2.60. The summed E-state index contributed by atoms with van der Waals surface area (Å²) in [6, 6.07) is -4.80. The fourth-order valence-electron chi connectivity index (χ4n) is 11.8. The minimum Gasteiger partial charge on any atom is -0.354 e. The van der Waals surface area contributed by atoms with Gasteiger partial charge in [0.2, 0.25) is 47.3 Å². The minimum atomic E-state index is -0.831. The van der Waals surface area contributed by atoms with E-state index >= 15 is 0 Å². The molecule has 10 atom stereocenters. The van der Waals surface area contributed by atoms with E-state index in [-0.39, 0.29) is 84.3 Å². The van der Waals surface area contributed by atoms with Gasteiger partial charge in [-0.3, -0.25) is 38.4 Å². The second-order valence-electron chi connectivity index (χ2n) is 24.0. The summed E-state index contributed by atoms with van der Waals surface area (Å²) in [5, 5.41) is 24.7. The van der Waals surface area contributed by atoms with Gasteiger partial charge in [-0.15, -0.1) is 0 Å². The predicted molar refractivity (Wildman–Crippen MR) is 278 cm³/mol. The predicted octanol–water partition coefficient (Wildman–Crippen LogP) is 3.42. The number of carbonyl (C=O) groups excluding carboxylic acids is 8. The molecule has 0 radical (unpaired) electrons. The fraction of sp³-hybridized carbons (Fsp3) is 0.852. The monoisotopic (exact) mass is 1010 g/mol. The SMILES string of the molecule is CNC(C)C(=O)NC(C(=O)N1CCCC1C(=O)NC(CNC(=O)C1CCCCC1C(=O)NCC(NC(=O)C1CCCN1C(=O)C(NC(=O)C(C)NC)C(C)(C)C)C1CCCCC1)C1CCCCC1)C(C)(C)C. The van der Waals surface area contributed by atoms with Crippen molar-refractivity contribution in [3.05, 3.63) is 0 Å². The highest BCUT2D eigenvalue weighted by atomic mass is 16.2. The topological polar surface area (TPSA) is 239 Å². The van der Waals surface area contributed by atoms with Crippen LogP contribution in [-0.2, 0) is 38.4 Å². The van der Waals surface area contributed by atoms with Crippen molar-refractivity contribution in [3.63, 3.8) is 0 Å². The molecule has 5 aliphatic rings. The van der Waals surface area contributed by atoms with Crippen LogP contribution in [0.15, 0.2) is 0 Å². The summed E-state index contributed by atoms with van der Waals surface area (Å²) in [4.78, 5) is 115. The Morgan fingerprint density at radius 3 is 1.10 bits per heavy atom. The Balaban J connectivity index is 1.24. The van der Waals surface area contributed by atoms with Crippen LogP contribution in [0.3, 0.4) is 0 Å². The van der Waals surface area contributed by atoms with E-state index in [4.69, 9.17) is 0 Å². The molecule has 2 saturated heterocycles. The van der Waals surface area contributed by atoms with E-state index in [1.807, 2.05) is 41.5 Å². The molecule has 0 aromatic rings. The summed E-state index contributed by atoms with van der Waals surface area (Å²) in [5.41, 5.74) is -1.21. The molecule has 8 N–H and O–H groups in total. The normalized spacial score (nSPS) is 25.0. The Kier molecular flexibility index (Phi) is 21.8. The number of nitrogens with zero attached hydrogens (tertiary/aromatic N) is 2. The van der Waals surface area contributed by atoms with Gasteiger partial charge in [0.25, 0.3) is 0 Å². The lowest BCUT2D eigenvalue weighted by molar-refractivity contribution is -0.144. The number of likely N-dealkylation sites (N-methyl/N-ethyl adjacent to an activating group) is 2. The average Bonchev–Trinajstić information content (AvgIpc) is 4.08. The van der Waals surface area contributed by atoms with Gasteiger partial charge in [0.05, 0.1) is 12.1 Å². The first kappa shape index (κ1) is 58.6. The summed E-state index contributed by atoms with van der Waals surface area (Å²) in [6.07, 6.45) is 15.0. The van der Waals surface area contributed by atoms with E-state index in [1.165, 1.54) is 0 Å². The molecule has 0 bridgehead atoms. The first-order valence-corrected chi connectivity index (χ1v) is 27.8. The average molecular weight is 1010 g/mol. The molecule has 5 rings (SSSR count). The highest BCUT2D eigenvalue weighted by molar-refractivity contribution is 5.95. The van der Waals surface area contributed by atoms with Crippen molar-refractivity contribution in [2.45, 2.75) is 219 Å². The lowest BCUT2D eigenvalue weighted by Gasteiger charge is -2.37. The summed E-state index contributed by atoms with van der Waals surface area (Å²) in [7, 11) is 3.37. The number of hydrogen-bond acceptors (Lipinski definition) is 10. The van der Waals surface area contributed by atoms with Crippen molar-refractivity contribution in [1.82, 2.24) is 52.3 Å². The number of likely N-dealkylation sites (tertiary alicyclic amines) is 2. The van der Waals surface area contributed by atoms with Crippen LogP contribution in [0.1, 0.15) is 171 Å². The van der Waals surface area contributed by atoms with Gasteiger partial charge in [-0.05, 0) is 115 Å². The van der Waals surface area contributed by atoms with Crippen LogP contribution < -0.4 is 42.5 Å². The molecule has 408 valence electrons. The maximum absolute atomic E-state index is 14.3. The minimum absolute atomic E-state index is 0.137. The van der Waals surface area contributed by atoms with Crippen molar-refractivity contribution >= 4 is 47.3 Å². The molecule has 72 heavy (non-hydrogen) atoms. The molecular weight excluding hydrogens is 917 g/mol. The molecular formula is C54H94N10O8. The Morgan fingerprint density at radius 1 is 0.444 bits per heavy atom. The molecule has 0 spiro atoms. The fourth-order valence-corrected chi connectivity index (χ4v) is 11.8. The van der Waals surface area contributed by atoms with Crippen molar-refractivity contribution in [2.75, 3.05) is 40.3 Å². The number of nitrogens with one attached hydrogen (secondary N) is 8. The van der Waals surface area contributed by atoms with Crippen molar-refractivity contribution < 1.29 is 38.4 Å². The molecule has 2 aliphatic heterocycles. The quantitative estimate of drug-likeness (QED) is 0.0885. The molecule has 3 aliphatic carbocycles. The molecule has 3 saturated carbocycles. The second-order valence-corrected chi connectivity index (χ2v) is 24.0.